The Balaban J connectivity index is 1.83. The Labute approximate surface area is 144 Å². The predicted octanol–water partition coefficient (Wildman–Crippen LogP) is 3.21. The van der Waals surface area contributed by atoms with Crippen LogP contribution >= 0.6 is 0 Å². The fourth-order valence-electron chi connectivity index (χ4n) is 2.63. The molecule has 0 fully saturated rings. The second-order valence-electron chi connectivity index (χ2n) is 5.73. The second kappa shape index (κ2) is 6.44. The molecule has 132 valence electrons. The van der Waals surface area contributed by atoms with Gasteiger partial charge in [0.2, 0.25) is 9.84 Å². The van der Waals surface area contributed by atoms with Crippen LogP contribution in [0.5, 0.6) is 0 Å². The molecule has 0 aliphatic rings. The lowest BCUT2D eigenvalue weighted by Gasteiger charge is -2.19. The van der Waals surface area contributed by atoms with Gasteiger partial charge in [-0.1, -0.05) is 12.1 Å². The van der Waals surface area contributed by atoms with E-state index in [1.165, 1.54) is 24.3 Å². The first-order chi connectivity index (χ1) is 11.8. The third kappa shape index (κ3) is 3.21. The molecular formula is C17H17F2N3O2S. The van der Waals surface area contributed by atoms with Crippen LogP contribution in [0.1, 0.15) is 5.82 Å². The van der Waals surface area contributed by atoms with E-state index < -0.39 is 15.6 Å². The largest absolute Gasteiger partial charge is 0.367 e. The molecule has 2 aromatic carbocycles. The molecule has 0 radical (unpaired) electrons. The van der Waals surface area contributed by atoms with Crippen molar-refractivity contribution in [3.8, 4) is 0 Å². The number of nitrogens with zero attached hydrogens (tertiary/aromatic N) is 3. The van der Waals surface area contributed by atoms with Gasteiger partial charge < -0.3 is 9.47 Å². The van der Waals surface area contributed by atoms with Gasteiger partial charge in [-0.2, -0.15) is 8.78 Å². The summed E-state index contributed by atoms with van der Waals surface area (Å²) in [6, 6.07) is 13.2. The molecule has 25 heavy (non-hydrogen) atoms. The number of sulfone groups is 1. The molecule has 5 nitrogen and oxygen atoms in total. The van der Waals surface area contributed by atoms with E-state index in [0.717, 1.165) is 16.9 Å². The quantitative estimate of drug-likeness (QED) is 0.697. The third-order valence-electron chi connectivity index (χ3n) is 4.10. The Morgan fingerprint density at radius 3 is 2.36 bits per heavy atom. The van der Waals surface area contributed by atoms with Crippen molar-refractivity contribution in [2.24, 2.45) is 7.05 Å². The summed E-state index contributed by atoms with van der Waals surface area (Å²) in [5.74, 6) is -2.58. The van der Waals surface area contributed by atoms with E-state index in [-0.39, 0.29) is 4.90 Å². The number of benzene rings is 2. The third-order valence-corrected chi connectivity index (χ3v) is 5.50. The van der Waals surface area contributed by atoms with Crippen LogP contribution in [0.25, 0.3) is 11.0 Å². The average Bonchev–Trinajstić information content (AvgIpc) is 2.91. The fraction of sp³-hybridized carbons (Fsp3) is 0.235. The van der Waals surface area contributed by atoms with Crippen LogP contribution in [0.2, 0.25) is 0 Å². The molecular weight excluding hydrogens is 348 g/mol. The lowest BCUT2D eigenvalue weighted by Crippen LogP contribution is -2.19. The van der Waals surface area contributed by atoms with Crippen molar-refractivity contribution in [2.75, 3.05) is 11.9 Å². The fourth-order valence-corrected chi connectivity index (χ4v) is 3.35. The molecule has 0 N–H and O–H groups in total. The molecule has 1 aromatic heterocycles. The molecule has 1 heterocycles. The van der Waals surface area contributed by atoms with Crippen LogP contribution in [0, 0.1) is 0 Å². The van der Waals surface area contributed by atoms with Crippen molar-refractivity contribution in [3.05, 3.63) is 54.4 Å². The number of rotatable bonds is 5. The van der Waals surface area contributed by atoms with Gasteiger partial charge >= 0.3 is 5.76 Å². The van der Waals surface area contributed by atoms with Crippen molar-refractivity contribution >= 4 is 26.6 Å². The topological polar surface area (TPSA) is 55.2 Å². The summed E-state index contributed by atoms with van der Waals surface area (Å²) in [5.41, 5.74) is 2.62. The number of aryl methyl sites for hydroxylation is 1. The van der Waals surface area contributed by atoms with E-state index in [4.69, 9.17) is 0 Å². The van der Waals surface area contributed by atoms with Gasteiger partial charge in [0.15, 0.2) is 0 Å². The molecule has 3 aromatic rings. The Hall–Kier alpha value is -2.48. The predicted molar refractivity (Wildman–Crippen MR) is 92.5 cm³/mol. The highest BCUT2D eigenvalue weighted by molar-refractivity contribution is 7.91. The summed E-state index contributed by atoms with van der Waals surface area (Å²) in [6.45, 7) is 0.492. The van der Waals surface area contributed by atoms with Gasteiger partial charge in [0.1, 0.15) is 5.82 Å². The highest BCUT2D eigenvalue weighted by Crippen LogP contribution is 2.23. The first kappa shape index (κ1) is 17.3. The normalized spacial score (nSPS) is 12.0. The summed E-state index contributed by atoms with van der Waals surface area (Å²) in [6.07, 6.45) is 0. The smallest absolute Gasteiger partial charge is 0.341 e. The van der Waals surface area contributed by atoms with Gasteiger partial charge in [-0.25, -0.2) is 13.4 Å². The number of hydrogen-bond donors (Lipinski definition) is 0. The Kier molecular flexibility index (Phi) is 4.47. The van der Waals surface area contributed by atoms with Crippen molar-refractivity contribution in [3.63, 3.8) is 0 Å². The molecule has 0 saturated carbocycles. The highest BCUT2D eigenvalue weighted by atomic mass is 32.2. The van der Waals surface area contributed by atoms with Gasteiger partial charge in [-0.05, 0) is 36.4 Å². The number of para-hydroxylation sites is 2. The molecule has 0 aliphatic heterocycles. The van der Waals surface area contributed by atoms with Crippen LogP contribution < -0.4 is 4.90 Å². The SMILES string of the molecule is CN(Cc1nc2ccccc2n1C)c1ccc(S(=O)(=O)C(F)F)cc1. The van der Waals surface area contributed by atoms with Gasteiger partial charge in [0.25, 0.3) is 0 Å². The number of imidazole rings is 1. The van der Waals surface area contributed by atoms with E-state index in [0.29, 0.717) is 12.2 Å². The number of fused-ring (bicyclic) bond motifs is 1. The average molecular weight is 365 g/mol. The van der Waals surface area contributed by atoms with Crippen molar-refractivity contribution in [1.82, 2.24) is 9.55 Å². The first-order valence-electron chi connectivity index (χ1n) is 7.54. The van der Waals surface area contributed by atoms with E-state index in [9.17, 15) is 17.2 Å². The van der Waals surface area contributed by atoms with E-state index in [1.54, 1.807) is 0 Å². The molecule has 0 bridgehead atoms. The van der Waals surface area contributed by atoms with E-state index >= 15 is 0 Å². The first-order valence-corrected chi connectivity index (χ1v) is 9.09. The van der Waals surface area contributed by atoms with Crippen molar-refractivity contribution < 1.29 is 17.2 Å². The van der Waals surface area contributed by atoms with E-state index in [1.807, 2.05) is 47.8 Å². The lowest BCUT2D eigenvalue weighted by atomic mass is 10.3. The maximum atomic E-state index is 12.6. The zero-order valence-electron chi connectivity index (χ0n) is 13.7. The van der Waals surface area contributed by atoms with Crippen LogP contribution in [0.4, 0.5) is 14.5 Å². The van der Waals surface area contributed by atoms with Crippen LogP contribution in [0.3, 0.4) is 0 Å². The summed E-state index contributed by atoms with van der Waals surface area (Å²) >= 11 is 0. The van der Waals surface area contributed by atoms with E-state index in [2.05, 4.69) is 4.98 Å². The molecule has 8 heteroatoms. The Bertz CT molecular complexity index is 998. The lowest BCUT2D eigenvalue weighted by molar-refractivity contribution is 0.234. The number of aromatic nitrogens is 2. The van der Waals surface area contributed by atoms with Gasteiger partial charge in [0, 0.05) is 19.8 Å². The van der Waals surface area contributed by atoms with Crippen LogP contribution in [-0.2, 0) is 23.4 Å². The molecule has 0 saturated heterocycles. The van der Waals surface area contributed by atoms with Crippen molar-refractivity contribution in [2.45, 2.75) is 17.2 Å². The molecule has 0 amide bonds. The molecule has 0 unspecified atom stereocenters. The highest BCUT2D eigenvalue weighted by Gasteiger charge is 2.26. The zero-order valence-corrected chi connectivity index (χ0v) is 14.5. The summed E-state index contributed by atoms with van der Waals surface area (Å²) in [5, 5.41) is 0. The molecule has 3 rings (SSSR count). The molecule has 0 spiro atoms. The minimum absolute atomic E-state index is 0.387. The van der Waals surface area contributed by atoms with Gasteiger partial charge in [-0.15, -0.1) is 0 Å². The summed E-state index contributed by atoms with van der Waals surface area (Å²) < 4.78 is 50.1. The number of hydrogen-bond acceptors (Lipinski definition) is 4. The maximum Gasteiger partial charge on any atom is 0.341 e. The zero-order chi connectivity index (χ0) is 18.2. The molecule has 0 atom stereocenters. The second-order valence-corrected chi connectivity index (χ2v) is 7.65. The van der Waals surface area contributed by atoms with Gasteiger partial charge in [0.05, 0.1) is 22.5 Å². The summed E-state index contributed by atoms with van der Waals surface area (Å²) in [7, 11) is -0.814. The monoisotopic (exact) mass is 365 g/mol. The number of alkyl halides is 2. The Morgan fingerprint density at radius 2 is 1.76 bits per heavy atom. The standard InChI is InChI=1S/C17H17F2N3O2S/c1-21(11-16-20-14-5-3-4-6-15(14)22(16)2)12-7-9-13(10-8-12)25(23,24)17(18)19/h3-10,17H,11H2,1-2H3. The minimum atomic E-state index is -4.57. The Morgan fingerprint density at radius 1 is 1.12 bits per heavy atom. The van der Waals surface area contributed by atoms with Gasteiger partial charge in [-0.3, -0.25) is 0 Å². The van der Waals surface area contributed by atoms with Crippen LogP contribution in [0.15, 0.2) is 53.4 Å². The number of halogens is 2. The van der Waals surface area contributed by atoms with Crippen LogP contribution in [-0.4, -0.2) is 30.8 Å². The minimum Gasteiger partial charge on any atom is -0.367 e. The maximum absolute atomic E-state index is 12.6. The number of anilines is 1. The van der Waals surface area contributed by atoms with Crippen molar-refractivity contribution in [1.29, 1.82) is 0 Å². The molecule has 0 aliphatic carbocycles. The summed E-state index contributed by atoms with van der Waals surface area (Å²) in [4.78, 5) is 6.07.